The number of methoxy groups -OCH3 is 1. The highest BCUT2D eigenvalue weighted by Gasteiger charge is 2.35. The number of hydrogen-bond acceptors (Lipinski definition) is 5. The van der Waals surface area contributed by atoms with Crippen LogP contribution in [0.3, 0.4) is 0 Å². The topological polar surface area (TPSA) is 53.1 Å². The molecule has 2 aliphatic heterocycles. The molecule has 4 rings (SSSR count). The van der Waals surface area contributed by atoms with Gasteiger partial charge in [0.05, 0.1) is 12.0 Å². The van der Waals surface area contributed by atoms with Gasteiger partial charge in [0.15, 0.2) is 0 Å². The van der Waals surface area contributed by atoms with Crippen molar-refractivity contribution in [3.63, 3.8) is 0 Å². The van der Waals surface area contributed by atoms with Gasteiger partial charge in [-0.3, -0.25) is 14.5 Å². The SMILES string of the molecule is COc1ccc(CN2CCCN(C(=O)C3CCCCN3C(=O)c3cccs3)CC2)cc1. The fourth-order valence-corrected chi connectivity index (χ4v) is 5.20. The number of amides is 2. The molecule has 31 heavy (non-hydrogen) atoms. The molecule has 2 aromatic rings. The molecule has 1 atom stereocenters. The number of likely N-dealkylation sites (tertiary alicyclic amines) is 1. The van der Waals surface area contributed by atoms with Gasteiger partial charge in [-0.15, -0.1) is 11.3 Å². The Morgan fingerprint density at radius 1 is 1.00 bits per heavy atom. The number of piperidine rings is 1. The van der Waals surface area contributed by atoms with Crippen LogP contribution >= 0.6 is 11.3 Å². The van der Waals surface area contributed by atoms with Crippen molar-refractivity contribution >= 4 is 23.2 Å². The van der Waals surface area contributed by atoms with Gasteiger partial charge in [0.25, 0.3) is 5.91 Å². The Balaban J connectivity index is 1.37. The number of benzene rings is 1. The first kappa shape index (κ1) is 21.8. The maximum atomic E-state index is 13.4. The van der Waals surface area contributed by atoms with Crippen LogP contribution < -0.4 is 4.74 Å². The number of nitrogens with zero attached hydrogens (tertiary/aromatic N) is 3. The summed E-state index contributed by atoms with van der Waals surface area (Å²) in [6.45, 7) is 4.84. The number of hydrogen-bond donors (Lipinski definition) is 0. The molecule has 2 saturated heterocycles. The Kier molecular flexibility index (Phi) is 7.25. The average Bonchev–Trinajstić information content (AvgIpc) is 3.26. The molecule has 2 fully saturated rings. The van der Waals surface area contributed by atoms with Crippen molar-refractivity contribution in [2.75, 3.05) is 39.8 Å². The van der Waals surface area contributed by atoms with Crippen LogP contribution in [0.4, 0.5) is 0 Å². The van der Waals surface area contributed by atoms with Gasteiger partial charge in [0.1, 0.15) is 11.8 Å². The van der Waals surface area contributed by atoms with Crippen molar-refractivity contribution in [3.05, 3.63) is 52.2 Å². The van der Waals surface area contributed by atoms with Gasteiger partial charge in [-0.05, 0) is 54.8 Å². The zero-order valence-corrected chi connectivity index (χ0v) is 19.0. The summed E-state index contributed by atoms with van der Waals surface area (Å²) in [4.78, 5) is 33.3. The van der Waals surface area contributed by atoms with E-state index in [-0.39, 0.29) is 17.9 Å². The Labute approximate surface area is 188 Å². The summed E-state index contributed by atoms with van der Waals surface area (Å²) >= 11 is 1.45. The monoisotopic (exact) mass is 441 g/mol. The largest absolute Gasteiger partial charge is 0.497 e. The zero-order valence-electron chi connectivity index (χ0n) is 18.2. The quantitative estimate of drug-likeness (QED) is 0.713. The highest BCUT2D eigenvalue weighted by molar-refractivity contribution is 7.12. The van der Waals surface area contributed by atoms with Gasteiger partial charge >= 0.3 is 0 Å². The van der Waals surface area contributed by atoms with Crippen LogP contribution in [0.5, 0.6) is 5.75 Å². The Morgan fingerprint density at radius 2 is 1.84 bits per heavy atom. The molecule has 166 valence electrons. The van der Waals surface area contributed by atoms with Crippen molar-refractivity contribution in [2.24, 2.45) is 0 Å². The van der Waals surface area contributed by atoms with Crippen molar-refractivity contribution in [1.29, 1.82) is 0 Å². The second-order valence-corrected chi connectivity index (χ2v) is 9.24. The first-order valence-corrected chi connectivity index (χ1v) is 12.0. The van der Waals surface area contributed by atoms with Crippen molar-refractivity contribution < 1.29 is 14.3 Å². The van der Waals surface area contributed by atoms with Crippen molar-refractivity contribution in [1.82, 2.24) is 14.7 Å². The number of carbonyl (C=O) groups excluding carboxylic acids is 2. The molecule has 2 aliphatic rings. The van der Waals surface area contributed by atoms with Crippen LogP contribution in [0.25, 0.3) is 0 Å². The molecule has 1 aromatic carbocycles. The van der Waals surface area contributed by atoms with Crippen molar-refractivity contribution in [2.45, 2.75) is 38.3 Å². The zero-order chi connectivity index (χ0) is 21.6. The molecule has 0 radical (unpaired) electrons. The van der Waals surface area contributed by atoms with Crippen LogP contribution in [0.15, 0.2) is 41.8 Å². The summed E-state index contributed by atoms with van der Waals surface area (Å²) in [5, 5.41) is 1.92. The van der Waals surface area contributed by atoms with E-state index in [1.54, 1.807) is 7.11 Å². The maximum absolute atomic E-state index is 13.4. The second-order valence-electron chi connectivity index (χ2n) is 8.29. The van der Waals surface area contributed by atoms with E-state index in [9.17, 15) is 9.59 Å². The van der Waals surface area contributed by atoms with E-state index in [0.717, 1.165) is 62.5 Å². The number of thiophene rings is 1. The number of ether oxygens (including phenoxy) is 1. The number of rotatable bonds is 5. The minimum absolute atomic E-state index is 0.00371. The summed E-state index contributed by atoms with van der Waals surface area (Å²) in [5.74, 6) is 0.991. The van der Waals surface area contributed by atoms with Gasteiger partial charge in [0.2, 0.25) is 5.91 Å². The van der Waals surface area contributed by atoms with Gasteiger partial charge in [-0.25, -0.2) is 0 Å². The second kappa shape index (κ2) is 10.3. The molecule has 0 spiro atoms. The van der Waals surface area contributed by atoms with E-state index >= 15 is 0 Å². The van der Waals surface area contributed by atoms with E-state index in [2.05, 4.69) is 17.0 Å². The summed E-state index contributed by atoms with van der Waals surface area (Å²) in [5.41, 5.74) is 1.25. The summed E-state index contributed by atoms with van der Waals surface area (Å²) in [7, 11) is 1.68. The lowest BCUT2D eigenvalue weighted by Crippen LogP contribution is -2.53. The van der Waals surface area contributed by atoms with E-state index in [1.807, 2.05) is 39.4 Å². The van der Waals surface area contributed by atoms with E-state index in [1.165, 1.54) is 16.9 Å². The summed E-state index contributed by atoms with van der Waals surface area (Å²) in [6, 6.07) is 11.6. The Bertz CT molecular complexity index is 869. The molecule has 6 nitrogen and oxygen atoms in total. The third-order valence-electron chi connectivity index (χ3n) is 6.25. The molecule has 2 amide bonds. The van der Waals surface area contributed by atoms with E-state index < -0.39 is 0 Å². The normalized spacial score (nSPS) is 20.4. The lowest BCUT2D eigenvalue weighted by atomic mass is 10.0. The summed E-state index contributed by atoms with van der Waals surface area (Å²) < 4.78 is 5.24. The molecule has 1 unspecified atom stereocenters. The molecule has 3 heterocycles. The fourth-order valence-electron chi connectivity index (χ4n) is 4.52. The molecule has 0 N–H and O–H groups in total. The maximum Gasteiger partial charge on any atom is 0.264 e. The first-order valence-electron chi connectivity index (χ1n) is 11.1. The minimum Gasteiger partial charge on any atom is -0.497 e. The molecule has 0 bridgehead atoms. The molecular formula is C24H31N3O3S. The Hall–Kier alpha value is -2.38. The number of carbonyl (C=O) groups is 2. The van der Waals surface area contributed by atoms with Gasteiger partial charge < -0.3 is 14.5 Å². The third-order valence-corrected chi connectivity index (χ3v) is 7.10. The van der Waals surface area contributed by atoms with Gasteiger partial charge in [-0.2, -0.15) is 0 Å². The fraction of sp³-hybridized carbons (Fsp3) is 0.500. The van der Waals surface area contributed by atoms with E-state index in [0.29, 0.717) is 13.1 Å². The van der Waals surface area contributed by atoms with Crippen LogP contribution in [-0.2, 0) is 11.3 Å². The molecule has 0 aliphatic carbocycles. The first-order chi connectivity index (χ1) is 15.2. The van der Waals surface area contributed by atoms with Crippen LogP contribution in [0.1, 0.15) is 40.9 Å². The standard InChI is InChI=1S/C24H31N3O3S/c1-30-20-10-8-19(9-11-20)18-25-12-5-13-26(16-15-25)23(28)21-6-2-3-14-27(21)24(29)22-7-4-17-31-22/h4,7-11,17,21H,2-3,5-6,12-16,18H2,1H3. The van der Waals surface area contributed by atoms with Gasteiger partial charge in [-0.1, -0.05) is 18.2 Å². The molecule has 7 heteroatoms. The van der Waals surface area contributed by atoms with Crippen LogP contribution in [0.2, 0.25) is 0 Å². The summed E-state index contributed by atoms with van der Waals surface area (Å²) in [6.07, 6.45) is 3.69. The third kappa shape index (κ3) is 5.28. The Morgan fingerprint density at radius 3 is 2.58 bits per heavy atom. The minimum atomic E-state index is -0.323. The highest BCUT2D eigenvalue weighted by Crippen LogP contribution is 2.24. The van der Waals surface area contributed by atoms with Crippen molar-refractivity contribution in [3.8, 4) is 5.75 Å². The van der Waals surface area contributed by atoms with Crippen LogP contribution in [-0.4, -0.2) is 72.4 Å². The molecular weight excluding hydrogens is 410 g/mol. The van der Waals surface area contributed by atoms with E-state index in [4.69, 9.17) is 4.74 Å². The smallest absolute Gasteiger partial charge is 0.264 e. The predicted octanol–water partition coefficient (Wildman–Crippen LogP) is 3.49. The highest BCUT2D eigenvalue weighted by atomic mass is 32.1. The molecule has 1 aromatic heterocycles. The lowest BCUT2D eigenvalue weighted by molar-refractivity contribution is -0.137. The van der Waals surface area contributed by atoms with Crippen LogP contribution in [0, 0.1) is 0 Å². The predicted molar refractivity (Wildman–Crippen MR) is 122 cm³/mol. The van der Waals surface area contributed by atoms with Gasteiger partial charge in [0, 0.05) is 39.3 Å². The lowest BCUT2D eigenvalue weighted by Gasteiger charge is -2.37. The average molecular weight is 442 g/mol. The molecule has 0 saturated carbocycles.